The summed E-state index contributed by atoms with van der Waals surface area (Å²) in [6, 6.07) is 0. The van der Waals surface area contributed by atoms with Crippen LogP contribution in [0, 0.1) is 17.7 Å². The predicted octanol–water partition coefficient (Wildman–Crippen LogP) is 1.98. The summed E-state index contributed by atoms with van der Waals surface area (Å²) < 4.78 is 3.02. The third kappa shape index (κ3) is 1.95. The van der Waals surface area contributed by atoms with Crippen molar-refractivity contribution >= 4 is 34.1 Å². The first-order valence-corrected chi connectivity index (χ1v) is 6.30. The highest BCUT2D eigenvalue weighted by molar-refractivity contribution is 7.19. The van der Waals surface area contributed by atoms with Crippen LogP contribution in [0.15, 0.2) is 11.8 Å². The fraction of sp³-hybridized carbons (Fsp3) is 0.250. The van der Waals surface area contributed by atoms with Crippen LogP contribution in [0.25, 0.3) is 10.3 Å². The number of thiazole rings is 1. The lowest BCUT2D eigenvalue weighted by Gasteiger charge is -1.98. The van der Waals surface area contributed by atoms with Crippen LogP contribution >= 0.6 is 11.3 Å². The molecule has 0 aliphatic carbocycles. The number of hydrogen-bond donors (Lipinski definition) is 3. The number of aryl methyl sites for hydroxylation is 1. The fourth-order valence-corrected chi connectivity index (χ4v) is 3.04. The van der Waals surface area contributed by atoms with Gasteiger partial charge in [0.05, 0.1) is 4.70 Å². The Morgan fingerprint density at radius 1 is 1.50 bits per heavy atom. The van der Waals surface area contributed by atoms with Crippen LogP contribution in [-0.4, -0.2) is 22.0 Å². The first kappa shape index (κ1) is 12.5. The van der Waals surface area contributed by atoms with Gasteiger partial charge in [-0.15, -0.1) is 11.3 Å². The zero-order valence-electron chi connectivity index (χ0n) is 10.3. The molecule has 0 unspecified atom stereocenters. The molecule has 0 amide bonds. The van der Waals surface area contributed by atoms with Gasteiger partial charge in [0.25, 0.3) is 0 Å². The molecule has 0 aliphatic heterocycles. The van der Waals surface area contributed by atoms with Crippen molar-refractivity contribution < 1.29 is 0 Å². The quantitative estimate of drug-likeness (QED) is 0.734. The Labute approximate surface area is 109 Å². The lowest BCUT2D eigenvalue weighted by atomic mass is 10.3. The van der Waals surface area contributed by atoms with E-state index in [-0.39, 0.29) is 0 Å². The average molecular weight is 261 g/mol. The largest absolute Gasteiger partial charge is 0.402 e. The van der Waals surface area contributed by atoms with Crippen LogP contribution in [0.2, 0.25) is 0 Å². The third-order valence-corrected chi connectivity index (χ3v) is 3.98. The Kier molecular flexibility index (Phi) is 3.29. The second-order valence-corrected chi connectivity index (χ2v) is 5.13. The van der Waals surface area contributed by atoms with Gasteiger partial charge >= 0.3 is 0 Å². The maximum Gasteiger partial charge on any atom is 0.151 e. The van der Waals surface area contributed by atoms with Crippen LogP contribution in [0.3, 0.4) is 0 Å². The monoisotopic (exact) mass is 261 g/mol. The van der Waals surface area contributed by atoms with Crippen LogP contribution in [0.5, 0.6) is 0 Å². The topological polar surface area (TPSA) is 91.5 Å². The smallest absolute Gasteiger partial charge is 0.151 e. The molecule has 0 aromatic carbocycles. The number of nitrogens with one attached hydrogen (secondary N) is 2. The van der Waals surface area contributed by atoms with Gasteiger partial charge in [0.1, 0.15) is 5.01 Å². The summed E-state index contributed by atoms with van der Waals surface area (Å²) in [7, 11) is 1.95. The Morgan fingerprint density at radius 3 is 2.83 bits per heavy atom. The number of aromatic nitrogens is 2. The number of hydrogen-bond acceptors (Lipinski definition) is 5. The van der Waals surface area contributed by atoms with E-state index in [2.05, 4.69) is 4.98 Å². The summed E-state index contributed by atoms with van der Waals surface area (Å²) in [4.78, 5) is 4.55. The van der Waals surface area contributed by atoms with Crippen molar-refractivity contribution in [3.63, 3.8) is 0 Å². The molecule has 2 aromatic rings. The van der Waals surface area contributed by atoms with Crippen LogP contribution in [-0.2, 0) is 13.5 Å². The van der Waals surface area contributed by atoms with E-state index in [1.807, 2.05) is 18.5 Å². The third-order valence-electron chi connectivity index (χ3n) is 2.91. The maximum atomic E-state index is 7.47. The molecule has 2 rings (SSSR count). The second kappa shape index (κ2) is 4.73. The number of nitrogens with zero attached hydrogens (tertiary/aromatic N) is 2. The predicted molar refractivity (Wildman–Crippen MR) is 76.0 cm³/mol. The molecule has 0 fully saturated rings. The first-order chi connectivity index (χ1) is 8.58. The van der Waals surface area contributed by atoms with Gasteiger partial charge in [-0.25, -0.2) is 4.98 Å². The lowest BCUT2D eigenvalue weighted by Crippen LogP contribution is -2.01. The molecular formula is C12H15N5S. The van der Waals surface area contributed by atoms with Gasteiger partial charge in [-0.2, -0.15) is 0 Å². The van der Waals surface area contributed by atoms with E-state index in [0.29, 0.717) is 12.1 Å². The lowest BCUT2D eigenvalue weighted by molar-refractivity contribution is 0.897. The first-order valence-electron chi connectivity index (χ1n) is 5.48. The van der Waals surface area contributed by atoms with Crippen molar-refractivity contribution in [2.24, 2.45) is 12.8 Å². The number of nitrogens with two attached hydrogens (primary N) is 1. The minimum absolute atomic E-state index is 0.547. The van der Waals surface area contributed by atoms with E-state index in [4.69, 9.17) is 16.6 Å². The summed E-state index contributed by atoms with van der Waals surface area (Å²) in [5, 5.41) is 15.4. The van der Waals surface area contributed by atoms with Gasteiger partial charge in [0.2, 0.25) is 0 Å². The minimum atomic E-state index is 0.547. The van der Waals surface area contributed by atoms with Crippen molar-refractivity contribution in [3.05, 3.63) is 28.0 Å². The van der Waals surface area contributed by atoms with E-state index < -0.39 is 0 Å². The Balaban J connectivity index is 2.48. The van der Waals surface area contributed by atoms with E-state index in [1.54, 1.807) is 17.4 Å². The Morgan fingerprint density at radius 2 is 2.22 bits per heavy atom. The molecule has 0 radical (unpaired) electrons. The molecule has 18 heavy (non-hydrogen) atoms. The molecule has 0 aliphatic rings. The number of allylic oxidation sites excluding steroid dienone is 2. The van der Waals surface area contributed by atoms with Gasteiger partial charge in [0.15, 0.2) is 5.65 Å². The Bertz CT molecular complexity index is 647. The van der Waals surface area contributed by atoms with Crippen molar-refractivity contribution in [2.45, 2.75) is 13.3 Å². The summed E-state index contributed by atoms with van der Waals surface area (Å²) in [6.07, 6.45) is 4.66. The van der Waals surface area contributed by atoms with Gasteiger partial charge in [0, 0.05) is 42.9 Å². The molecule has 4 N–H and O–H groups in total. The highest BCUT2D eigenvalue weighted by Crippen LogP contribution is 2.29. The molecular weight excluding hydrogens is 246 g/mol. The van der Waals surface area contributed by atoms with E-state index in [0.717, 1.165) is 26.6 Å². The van der Waals surface area contributed by atoms with Crippen molar-refractivity contribution in [1.82, 2.24) is 9.55 Å². The van der Waals surface area contributed by atoms with Crippen molar-refractivity contribution in [1.29, 1.82) is 10.8 Å². The molecule has 2 aromatic heterocycles. The van der Waals surface area contributed by atoms with E-state index in [1.165, 1.54) is 12.4 Å². The normalized spacial score (nSPS) is 12.0. The molecule has 5 nitrogen and oxygen atoms in total. The number of rotatable bonds is 4. The van der Waals surface area contributed by atoms with Gasteiger partial charge in [-0.3, -0.25) is 0 Å². The Hall–Kier alpha value is -1.95. The van der Waals surface area contributed by atoms with Crippen molar-refractivity contribution in [2.75, 3.05) is 0 Å². The van der Waals surface area contributed by atoms with Crippen LogP contribution in [0.1, 0.15) is 16.3 Å². The van der Waals surface area contributed by atoms with Gasteiger partial charge in [-0.05, 0) is 13.0 Å². The SMILES string of the molecule is Cc1c(C=N)c2sc(CC(N)=CC=N)nc2n1C. The van der Waals surface area contributed by atoms with Gasteiger partial charge < -0.3 is 21.1 Å². The second-order valence-electron chi connectivity index (χ2n) is 4.05. The van der Waals surface area contributed by atoms with Crippen LogP contribution in [0.4, 0.5) is 0 Å². The maximum absolute atomic E-state index is 7.47. The zero-order valence-corrected chi connectivity index (χ0v) is 11.1. The molecule has 2 heterocycles. The summed E-state index contributed by atoms with van der Waals surface area (Å²) in [5.74, 6) is 0. The highest BCUT2D eigenvalue weighted by Gasteiger charge is 2.15. The minimum Gasteiger partial charge on any atom is -0.402 e. The highest BCUT2D eigenvalue weighted by atomic mass is 32.1. The zero-order chi connectivity index (χ0) is 13.3. The summed E-state index contributed by atoms with van der Waals surface area (Å²) >= 11 is 1.56. The summed E-state index contributed by atoms with van der Waals surface area (Å²) in [6.45, 7) is 1.98. The summed E-state index contributed by atoms with van der Waals surface area (Å²) in [5.41, 5.74) is 9.26. The molecule has 0 bridgehead atoms. The molecule has 0 saturated heterocycles. The average Bonchev–Trinajstić information content (AvgIpc) is 2.80. The van der Waals surface area contributed by atoms with Crippen LogP contribution < -0.4 is 5.73 Å². The molecule has 6 heteroatoms. The molecule has 0 spiro atoms. The van der Waals surface area contributed by atoms with Gasteiger partial charge in [-0.1, -0.05) is 0 Å². The van der Waals surface area contributed by atoms with E-state index >= 15 is 0 Å². The molecule has 94 valence electrons. The van der Waals surface area contributed by atoms with E-state index in [9.17, 15) is 0 Å². The standard InChI is InChI=1S/C12H15N5S/c1-7-9(6-14)11-12(17(7)2)16-10(18-11)5-8(15)3-4-13/h3-4,6,13-14H,5,15H2,1-2H3. The molecule has 0 saturated carbocycles. The van der Waals surface area contributed by atoms with Crippen molar-refractivity contribution in [3.8, 4) is 0 Å². The fourth-order valence-electron chi connectivity index (χ4n) is 1.85. The molecule has 0 atom stereocenters. The number of fused-ring (bicyclic) bond motifs is 1.